The van der Waals surface area contributed by atoms with E-state index in [0.29, 0.717) is 5.92 Å². The fourth-order valence-electron chi connectivity index (χ4n) is 6.58. The number of fused-ring (bicyclic) bond motifs is 3. The van der Waals surface area contributed by atoms with Gasteiger partial charge in [0, 0.05) is 37.2 Å². The van der Waals surface area contributed by atoms with E-state index in [2.05, 4.69) is 85.3 Å². The van der Waals surface area contributed by atoms with E-state index in [9.17, 15) is 4.39 Å². The molecule has 2 nitrogen and oxygen atoms in total. The quantitative estimate of drug-likeness (QED) is 0.127. The molecule has 1 saturated carbocycles. The van der Waals surface area contributed by atoms with Crippen LogP contribution >= 0.6 is 11.3 Å². The number of thiophene rings is 1. The Morgan fingerprint density at radius 1 is 0.735 bits per heavy atom. The molecule has 1 aliphatic rings. The SMILES string of the molecule is C[Si](C)(C)c1ccc(-c2[c-]cccc2)nc1.Fc1ccc(-c2ccc3c(c2)sc2c(-c4cc(C5CCCCC5)ccn4)[c-]ccc23)cc1.[Ir]. The first-order valence-electron chi connectivity index (χ1n) is 16.9. The van der Waals surface area contributed by atoms with E-state index in [1.165, 1.54) is 75.2 Å². The van der Waals surface area contributed by atoms with Crippen LogP contribution in [0.25, 0.3) is 53.8 Å². The Morgan fingerprint density at radius 2 is 1.53 bits per heavy atom. The summed E-state index contributed by atoms with van der Waals surface area (Å²) in [6.45, 7) is 7.00. The fraction of sp³-hybridized carbons (Fsp3) is 0.209. The monoisotopic (exact) mass is 855 g/mol. The van der Waals surface area contributed by atoms with Crippen LogP contribution in [0.4, 0.5) is 4.39 Å². The second-order valence-electron chi connectivity index (χ2n) is 13.7. The number of hydrogen-bond acceptors (Lipinski definition) is 3. The summed E-state index contributed by atoms with van der Waals surface area (Å²) < 4.78 is 15.8. The molecule has 0 bridgehead atoms. The van der Waals surface area contributed by atoms with E-state index in [1.54, 1.807) is 11.3 Å². The van der Waals surface area contributed by atoms with Crippen molar-refractivity contribution in [3.8, 4) is 33.6 Å². The summed E-state index contributed by atoms with van der Waals surface area (Å²) in [6.07, 6.45) is 10.6. The van der Waals surface area contributed by atoms with Crippen LogP contribution in [0, 0.1) is 17.9 Å². The summed E-state index contributed by atoms with van der Waals surface area (Å²) in [4.78, 5) is 9.26. The van der Waals surface area contributed by atoms with Crippen LogP contribution < -0.4 is 5.19 Å². The van der Waals surface area contributed by atoms with Gasteiger partial charge < -0.3 is 9.97 Å². The molecule has 6 heteroatoms. The molecule has 1 aliphatic carbocycles. The van der Waals surface area contributed by atoms with Gasteiger partial charge in [0.15, 0.2) is 0 Å². The molecule has 4 aromatic carbocycles. The van der Waals surface area contributed by atoms with Crippen molar-refractivity contribution in [2.24, 2.45) is 0 Å². The second-order valence-corrected chi connectivity index (χ2v) is 19.8. The Morgan fingerprint density at radius 3 is 2.24 bits per heavy atom. The van der Waals surface area contributed by atoms with Gasteiger partial charge in [0.1, 0.15) is 5.82 Å². The van der Waals surface area contributed by atoms with Gasteiger partial charge in [0.2, 0.25) is 0 Å². The Balaban J connectivity index is 0.000000208. The van der Waals surface area contributed by atoms with Crippen LogP contribution in [-0.2, 0) is 20.1 Å². The molecule has 8 rings (SSSR count). The number of halogens is 1. The van der Waals surface area contributed by atoms with Crippen LogP contribution in [0.1, 0.15) is 43.6 Å². The second kappa shape index (κ2) is 15.4. The molecule has 1 radical (unpaired) electrons. The molecule has 0 atom stereocenters. The number of hydrogen-bond donors (Lipinski definition) is 0. The molecule has 0 amide bonds. The predicted molar refractivity (Wildman–Crippen MR) is 204 cm³/mol. The van der Waals surface area contributed by atoms with Crippen LogP contribution in [0.15, 0.2) is 116 Å². The van der Waals surface area contributed by atoms with Crippen molar-refractivity contribution in [1.82, 2.24) is 9.97 Å². The van der Waals surface area contributed by atoms with Crippen molar-refractivity contribution in [1.29, 1.82) is 0 Å². The first kappa shape index (κ1) is 35.0. The van der Waals surface area contributed by atoms with Gasteiger partial charge in [-0.3, -0.25) is 0 Å². The Bertz CT molecular complexity index is 2150. The first-order valence-corrected chi connectivity index (χ1v) is 21.2. The number of nitrogens with zero attached hydrogens (tertiary/aromatic N) is 2. The summed E-state index contributed by atoms with van der Waals surface area (Å²) in [6, 6.07) is 40.8. The van der Waals surface area contributed by atoms with Gasteiger partial charge in [-0.15, -0.1) is 59.7 Å². The maximum Gasteiger partial charge on any atom is 0.123 e. The Hall–Kier alpha value is -3.80. The maximum absolute atomic E-state index is 13.3. The fourth-order valence-corrected chi connectivity index (χ4v) is 8.86. The van der Waals surface area contributed by atoms with Crippen LogP contribution in [-0.4, -0.2) is 18.0 Å². The zero-order valence-electron chi connectivity index (χ0n) is 28.1. The summed E-state index contributed by atoms with van der Waals surface area (Å²) in [7, 11) is -1.23. The van der Waals surface area contributed by atoms with Gasteiger partial charge in [-0.2, -0.15) is 11.3 Å². The van der Waals surface area contributed by atoms with E-state index >= 15 is 0 Å². The summed E-state index contributed by atoms with van der Waals surface area (Å²) in [5.74, 6) is 0.449. The molecule has 0 spiro atoms. The average Bonchev–Trinajstić information content (AvgIpc) is 3.51. The number of aromatic nitrogens is 2. The molecule has 1 fully saturated rings. The topological polar surface area (TPSA) is 25.8 Å². The third-order valence-corrected chi connectivity index (χ3v) is 12.6. The van der Waals surface area contributed by atoms with E-state index in [1.807, 2.05) is 54.9 Å². The van der Waals surface area contributed by atoms with Gasteiger partial charge in [0.05, 0.1) is 8.07 Å². The van der Waals surface area contributed by atoms with Crippen molar-refractivity contribution in [3.05, 3.63) is 139 Å². The minimum absolute atomic E-state index is 0. The summed E-state index contributed by atoms with van der Waals surface area (Å²) in [5, 5.41) is 3.89. The molecule has 249 valence electrons. The third kappa shape index (κ3) is 8.00. The van der Waals surface area contributed by atoms with Gasteiger partial charge >= 0.3 is 0 Å². The molecule has 3 aromatic heterocycles. The van der Waals surface area contributed by atoms with Crippen LogP contribution in [0.3, 0.4) is 0 Å². The summed E-state index contributed by atoms with van der Waals surface area (Å²) >= 11 is 1.79. The molecule has 49 heavy (non-hydrogen) atoms. The van der Waals surface area contributed by atoms with E-state index < -0.39 is 8.07 Å². The predicted octanol–water partition coefficient (Wildman–Crippen LogP) is 11.9. The number of rotatable bonds is 5. The maximum atomic E-state index is 13.3. The van der Waals surface area contributed by atoms with Crippen molar-refractivity contribution in [2.75, 3.05) is 0 Å². The minimum Gasteiger partial charge on any atom is -0.305 e. The normalized spacial score (nSPS) is 13.5. The molecule has 0 aliphatic heterocycles. The van der Waals surface area contributed by atoms with Gasteiger partial charge in [-0.25, -0.2) is 4.39 Å². The van der Waals surface area contributed by atoms with Gasteiger partial charge in [-0.1, -0.05) is 92.3 Å². The van der Waals surface area contributed by atoms with Crippen molar-refractivity contribution in [3.63, 3.8) is 0 Å². The minimum atomic E-state index is -1.23. The number of pyridine rings is 2. The smallest absolute Gasteiger partial charge is 0.123 e. The average molecular weight is 855 g/mol. The molecular formula is C43H39FIrN2SSi-2. The third-order valence-electron chi connectivity index (χ3n) is 9.34. The molecule has 0 saturated heterocycles. The van der Waals surface area contributed by atoms with Crippen LogP contribution in [0.2, 0.25) is 19.6 Å². The standard InChI is InChI=1S/C29H23FNS.C14H16NSi.Ir/c30-23-12-9-20(10-13-23)21-11-14-24-25-7-4-8-26(29(25)32-28(24)18-21)27-17-22(15-16-31-27)19-5-2-1-3-6-19;1-16(2,3)13-9-10-14(15-11-13)12-7-5-4-6-8-12;/h4,7,9-19H,1-3,5-6H2;4-7,9-11H,1-3H3;/q2*-1;. The first-order chi connectivity index (χ1) is 23.3. The van der Waals surface area contributed by atoms with Gasteiger partial charge in [0.25, 0.3) is 0 Å². The Labute approximate surface area is 307 Å². The largest absolute Gasteiger partial charge is 0.305 e. The van der Waals surface area contributed by atoms with Crippen LogP contribution in [0.5, 0.6) is 0 Å². The van der Waals surface area contributed by atoms with E-state index in [4.69, 9.17) is 4.98 Å². The zero-order valence-corrected chi connectivity index (χ0v) is 32.3. The Kier molecular flexibility index (Phi) is 11.0. The van der Waals surface area contributed by atoms with Crippen molar-refractivity contribution >= 4 is 44.8 Å². The molecule has 0 N–H and O–H groups in total. The molecule has 7 aromatic rings. The molecular weight excluding hydrogens is 816 g/mol. The molecule has 3 heterocycles. The van der Waals surface area contributed by atoms with Crippen molar-refractivity contribution < 1.29 is 24.5 Å². The zero-order chi connectivity index (χ0) is 33.1. The van der Waals surface area contributed by atoms with E-state index in [-0.39, 0.29) is 25.9 Å². The molecule has 0 unspecified atom stereocenters. The summed E-state index contributed by atoms with van der Waals surface area (Å²) in [5.41, 5.74) is 7.71. The van der Waals surface area contributed by atoms with E-state index in [0.717, 1.165) is 33.6 Å². The number of benzene rings is 4. The van der Waals surface area contributed by atoms with Gasteiger partial charge in [-0.05, 0) is 80.8 Å². The van der Waals surface area contributed by atoms with Crippen molar-refractivity contribution in [2.45, 2.75) is 57.7 Å².